The Morgan fingerprint density at radius 2 is 1.12 bits per heavy atom. The molecule has 0 aliphatic carbocycles. The van der Waals surface area contributed by atoms with Crippen LogP contribution in [0.4, 0.5) is 11.4 Å². The maximum absolute atomic E-state index is 10.9. The van der Waals surface area contributed by atoms with E-state index in [9.17, 15) is 9.59 Å². The Morgan fingerprint density at radius 3 is 1.56 bits per heavy atom. The van der Waals surface area contributed by atoms with E-state index in [1.165, 1.54) is 32.1 Å². The van der Waals surface area contributed by atoms with Crippen LogP contribution >= 0.6 is 0 Å². The predicted molar refractivity (Wildman–Crippen MR) is 104 cm³/mol. The van der Waals surface area contributed by atoms with E-state index < -0.39 is 0 Å². The average Bonchev–Trinajstić information content (AvgIpc) is 2.68. The zero-order valence-electron chi connectivity index (χ0n) is 15.0. The van der Waals surface area contributed by atoms with Crippen LogP contribution in [0.25, 0.3) is 0 Å². The summed E-state index contributed by atoms with van der Waals surface area (Å²) in [6, 6.07) is 15.3. The van der Waals surface area contributed by atoms with E-state index in [1.54, 1.807) is 0 Å². The van der Waals surface area contributed by atoms with E-state index in [1.807, 2.05) is 48.5 Å². The maximum Gasteiger partial charge on any atom is 0.150 e. The fourth-order valence-corrected chi connectivity index (χ4v) is 2.92. The molecule has 3 heteroatoms. The Morgan fingerprint density at radius 1 is 0.680 bits per heavy atom. The van der Waals surface area contributed by atoms with E-state index in [2.05, 4.69) is 11.8 Å². The molecule has 2 aromatic carbocycles. The minimum atomic E-state index is 0.680. The first kappa shape index (κ1) is 18.9. The second kappa shape index (κ2) is 10.4. The molecule has 0 fully saturated rings. The van der Waals surface area contributed by atoms with Crippen molar-refractivity contribution in [3.8, 4) is 0 Å². The van der Waals surface area contributed by atoms with Gasteiger partial charge in [0.2, 0.25) is 0 Å². The summed E-state index contributed by atoms with van der Waals surface area (Å²) in [6.45, 7) is 3.15. The van der Waals surface area contributed by atoms with Crippen molar-refractivity contribution in [1.82, 2.24) is 0 Å². The number of carbonyl (C=O) groups is 2. The Kier molecular flexibility index (Phi) is 7.90. The first-order chi connectivity index (χ1) is 12.3. The quantitative estimate of drug-likeness (QED) is 0.383. The number of anilines is 2. The van der Waals surface area contributed by atoms with Crippen LogP contribution in [-0.4, -0.2) is 19.1 Å². The minimum Gasteiger partial charge on any atom is -0.341 e. The van der Waals surface area contributed by atoms with Gasteiger partial charge in [0.25, 0.3) is 0 Å². The number of benzene rings is 2. The second-order valence-corrected chi connectivity index (χ2v) is 6.34. The van der Waals surface area contributed by atoms with Crippen molar-refractivity contribution in [3.63, 3.8) is 0 Å². The van der Waals surface area contributed by atoms with Crippen molar-refractivity contribution in [1.29, 1.82) is 0 Å². The van der Waals surface area contributed by atoms with Gasteiger partial charge in [-0.05, 0) is 55.0 Å². The van der Waals surface area contributed by atoms with Gasteiger partial charge in [-0.3, -0.25) is 9.59 Å². The van der Waals surface area contributed by atoms with Crippen LogP contribution in [0, 0.1) is 0 Å². The van der Waals surface area contributed by atoms with Gasteiger partial charge in [0.1, 0.15) is 12.6 Å². The van der Waals surface area contributed by atoms with Crippen LogP contribution in [-0.2, 0) is 0 Å². The lowest BCUT2D eigenvalue weighted by Gasteiger charge is -2.25. The van der Waals surface area contributed by atoms with Gasteiger partial charge in [0.15, 0.2) is 0 Å². The molecule has 25 heavy (non-hydrogen) atoms. The molecule has 0 heterocycles. The molecule has 0 N–H and O–H groups in total. The molecule has 0 saturated heterocycles. The Labute approximate surface area is 150 Å². The molecule has 0 amide bonds. The zero-order valence-corrected chi connectivity index (χ0v) is 15.0. The molecule has 3 nitrogen and oxygen atoms in total. The lowest BCUT2D eigenvalue weighted by Crippen LogP contribution is -2.18. The third kappa shape index (κ3) is 5.86. The molecule has 132 valence electrons. The summed E-state index contributed by atoms with van der Waals surface area (Å²) in [5, 5.41) is 0. The summed E-state index contributed by atoms with van der Waals surface area (Å²) in [4.78, 5) is 24.0. The molecule has 0 aliphatic heterocycles. The smallest absolute Gasteiger partial charge is 0.150 e. The minimum absolute atomic E-state index is 0.680. The van der Waals surface area contributed by atoms with E-state index in [4.69, 9.17) is 0 Å². The summed E-state index contributed by atoms with van der Waals surface area (Å²) in [5.74, 6) is 0. The van der Waals surface area contributed by atoms with Crippen LogP contribution in [0.1, 0.15) is 66.2 Å². The van der Waals surface area contributed by atoms with Crippen molar-refractivity contribution >= 4 is 23.9 Å². The molecule has 0 bridgehead atoms. The molecule has 0 saturated carbocycles. The van der Waals surface area contributed by atoms with Gasteiger partial charge in [0, 0.05) is 29.0 Å². The molecule has 0 radical (unpaired) electrons. The highest BCUT2D eigenvalue weighted by Gasteiger charge is 2.09. The fraction of sp³-hybridized carbons (Fsp3) is 0.364. The fourth-order valence-electron chi connectivity index (χ4n) is 2.92. The molecule has 2 rings (SSSR count). The van der Waals surface area contributed by atoms with Crippen molar-refractivity contribution in [2.75, 3.05) is 11.4 Å². The van der Waals surface area contributed by atoms with Crippen LogP contribution in [0.2, 0.25) is 0 Å². The van der Waals surface area contributed by atoms with Gasteiger partial charge in [-0.2, -0.15) is 0 Å². The van der Waals surface area contributed by atoms with Gasteiger partial charge in [0.05, 0.1) is 0 Å². The van der Waals surface area contributed by atoms with Crippen LogP contribution < -0.4 is 4.90 Å². The standard InChI is InChI=1S/C22H27NO2/c1-2-3-4-5-6-7-16-23(21-12-8-19(17-24)9-13-21)22-14-10-20(18-25)11-15-22/h8-15,17-18H,2-7,16H2,1H3. The molecule has 0 aromatic heterocycles. The van der Waals surface area contributed by atoms with Crippen molar-refractivity contribution in [2.45, 2.75) is 45.4 Å². The monoisotopic (exact) mass is 337 g/mol. The Balaban J connectivity index is 2.09. The van der Waals surface area contributed by atoms with Gasteiger partial charge in [-0.15, -0.1) is 0 Å². The highest BCUT2D eigenvalue weighted by atomic mass is 16.1. The second-order valence-electron chi connectivity index (χ2n) is 6.34. The third-order valence-electron chi connectivity index (χ3n) is 4.42. The number of nitrogens with zero attached hydrogens (tertiary/aromatic N) is 1. The van der Waals surface area contributed by atoms with Crippen LogP contribution in [0.3, 0.4) is 0 Å². The number of aldehydes is 2. The highest BCUT2D eigenvalue weighted by Crippen LogP contribution is 2.26. The number of hydrogen-bond donors (Lipinski definition) is 0. The molecule has 0 unspecified atom stereocenters. The van der Waals surface area contributed by atoms with Gasteiger partial charge < -0.3 is 4.90 Å². The van der Waals surface area contributed by atoms with E-state index in [0.717, 1.165) is 36.9 Å². The average molecular weight is 337 g/mol. The molecule has 0 aliphatic rings. The largest absolute Gasteiger partial charge is 0.341 e. The summed E-state index contributed by atoms with van der Waals surface area (Å²) in [6.07, 6.45) is 9.21. The van der Waals surface area contributed by atoms with E-state index in [-0.39, 0.29) is 0 Å². The highest BCUT2D eigenvalue weighted by molar-refractivity contribution is 5.78. The maximum atomic E-state index is 10.9. The Bertz CT molecular complexity index is 595. The van der Waals surface area contributed by atoms with Crippen molar-refractivity contribution in [2.24, 2.45) is 0 Å². The van der Waals surface area contributed by atoms with Gasteiger partial charge >= 0.3 is 0 Å². The summed E-state index contributed by atoms with van der Waals surface area (Å²) in [7, 11) is 0. The number of carbonyl (C=O) groups excluding carboxylic acids is 2. The van der Waals surface area contributed by atoms with Crippen molar-refractivity contribution in [3.05, 3.63) is 59.7 Å². The molecule has 0 atom stereocenters. The SMILES string of the molecule is CCCCCCCCN(c1ccc(C=O)cc1)c1ccc(C=O)cc1. The lowest BCUT2D eigenvalue weighted by molar-refractivity contribution is 0.111. The summed E-state index contributed by atoms with van der Waals surface area (Å²) in [5.41, 5.74) is 3.50. The molecule has 2 aromatic rings. The van der Waals surface area contributed by atoms with Crippen LogP contribution in [0.5, 0.6) is 0 Å². The van der Waals surface area contributed by atoms with Gasteiger partial charge in [-0.25, -0.2) is 0 Å². The normalized spacial score (nSPS) is 10.4. The summed E-state index contributed by atoms with van der Waals surface area (Å²) < 4.78 is 0. The van der Waals surface area contributed by atoms with E-state index in [0.29, 0.717) is 11.1 Å². The Hall–Kier alpha value is -2.42. The summed E-state index contributed by atoms with van der Waals surface area (Å²) >= 11 is 0. The topological polar surface area (TPSA) is 37.4 Å². The first-order valence-corrected chi connectivity index (χ1v) is 9.16. The van der Waals surface area contributed by atoms with E-state index >= 15 is 0 Å². The first-order valence-electron chi connectivity index (χ1n) is 9.16. The third-order valence-corrected chi connectivity index (χ3v) is 4.42. The predicted octanol–water partition coefficient (Wildman–Crippen LogP) is 5.81. The van der Waals surface area contributed by atoms with Gasteiger partial charge in [-0.1, -0.05) is 39.0 Å². The number of rotatable bonds is 11. The van der Waals surface area contributed by atoms with Crippen molar-refractivity contribution < 1.29 is 9.59 Å². The number of hydrogen-bond acceptors (Lipinski definition) is 3. The molecule has 0 spiro atoms. The molecular weight excluding hydrogens is 310 g/mol. The zero-order chi connectivity index (χ0) is 17.9. The molecular formula is C22H27NO2. The lowest BCUT2D eigenvalue weighted by atomic mass is 10.1. The number of unbranched alkanes of at least 4 members (excludes halogenated alkanes) is 5. The van der Waals surface area contributed by atoms with Crippen LogP contribution in [0.15, 0.2) is 48.5 Å².